The highest BCUT2D eigenvalue weighted by atomic mass is 32.2. The summed E-state index contributed by atoms with van der Waals surface area (Å²) in [6.45, 7) is 6.33. The van der Waals surface area contributed by atoms with Crippen molar-refractivity contribution in [3.05, 3.63) is 60.7 Å². The topological polar surface area (TPSA) is 63.1 Å². The van der Waals surface area contributed by atoms with Crippen molar-refractivity contribution in [2.75, 3.05) is 31.9 Å². The molecule has 0 radical (unpaired) electrons. The second-order valence-electron chi connectivity index (χ2n) is 8.05. The quantitative estimate of drug-likeness (QED) is 0.517. The van der Waals surface area contributed by atoms with Crippen molar-refractivity contribution < 1.29 is 4.79 Å². The summed E-state index contributed by atoms with van der Waals surface area (Å²) in [7, 11) is 0. The van der Waals surface area contributed by atoms with E-state index in [4.69, 9.17) is 0 Å². The van der Waals surface area contributed by atoms with Crippen LogP contribution in [0.5, 0.6) is 0 Å². The van der Waals surface area contributed by atoms with Gasteiger partial charge >= 0.3 is 0 Å². The summed E-state index contributed by atoms with van der Waals surface area (Å²) in [6.07, 6.45) is 2.59. The van der Waals surface area contributed by atoms with Crippen LogP contribution in [-0.2, 0) is 4.79 Å². The molecule has 1 fully saturated rings. The lowest BCUT2D eigenvalue weighted by atomic mass is 10.1. The van der Waals surface area contributed by atoms with E-state index in [1.165, 1.54) is 37.7 Å². The van der Waals surface area contributed by atoms with Gasteiger partial charge in [0.2, 0.25) is 5.91 Å². The van der Waals surface area contributed by atoms with E-state index in [0.29, 0.717) is 23.4 Å². The number of aromatic nitrogens is 3. The summed E-state index contributed by atoms with van der Waals surface area (Å²) in [5.74, 6) is 1.57. The molecular weight excluding hydrogens is 406 g/mol. The highest BCUT2D eigenvalue weighted by molar-refractivity contribution is 7.99. The van der Waals surface area contributed by atoms with Gasteiger partial charge in [-0.1, -0.05) is 67.2 Å². The van der Waals surface area contributed by atoms with Gasteiger partial charge in [-0.25, -0.2) is 0 Å². The predicted octanol–water partition coefficient (Wildman–Crippen LogP) is 3.87. The average Bonchev–Trinajstić information content (AvgIpc) is 3.47. The molecular formula is C24H29N5OS. The molecule has 0 saturated carbocycles. The highest BCUT2D eigenvalue weighted by Crippen LogP contribution is 2.27. The first-order valence-corrected chi connectivity index (χ1v) is 11.9. The molecule has 0 spiro atoms. The van der Waals surface area contributed by atoms with E-state index in [2.05, 4.69) is 27.3 Å². The monoisotopic (exact) mass is 435 g/mol. The molecule has 162 valence electrons. The molecule has 1 atom stereocenters. The average molecular weight is 436 g/mol. The fraction of sp³-hybridized carbons (Fsp3) is 0.375. The molecule has 31 heavy (non-hydrogen) atoms. The van der Waals surface area contributed by atoms with Crippen molar-refractivity contribution in [1.82, 2.24) is 25.0 Å². The maximum atomic E-state index is 12.5. The molecule has 3 aromatic rings. The number of nitrogens with one attached hydrogen (secondary N) is 1. The Labute approximate surface area is 188 Å². The molecule has 1 amide bonds. The largest absolute Gasteiger partial charge is 0.355 e. The van der Waals surface area contributed by atoms with Crippen molar-refractivity contribution in [1.29, 1.82) is 0 Å². The lowest BCUT2D eigenvalue weighted by Crippen LogP contribution is -2.35. The zero-order valence-corrected chi connectivity index (χ0v) is 18.7. The zero-order chi connectivity index (χ0) is 21.5. The molecule has 1 aliphatic heterocycles. The Bertz CT molecular complexity index is 970. The van der Waals surface area contributed by atoms with Gasteiger partial charge in [-0.05, 0) is 44.0 Å². The van der Waals surface area contributed by atoms with E-state index in [1.807, 2.05) is 65.2 Å². The van der Waals surface area contributed by atoms with Gasteiger partial charge in [0.25, 0.3) is 0 Å². The molecule has 2 aromatic carbocycles. The third-order valence-electron chi connectivity index (χ3n) is 5.43. The fourth-order valence-corrected chi connectivity index (χ4v) is 4.67. The Morgan fingerprint density at radius 3 is 2.42 bits per heavy atom. The van der Waals surface area contributed by atoms with Crippen LogP contribution in [0.2, 0.25) is 0 Å². The summed E-state index contributed by atoms with van der Waals surface area (Å²) in [5.41, 5.74) is 1.97. The SMILES string of the molecule is CC(CNC(=O)CSc1nnc(-c2ccccc2)n1-c1ccccc1)CN1CCCC1. The Kier molecular flexibility index (Phi) is 7.38. The predicted molar refractivity (Wildman–Crippen MR) is 125 cm³/mol. The number of nitrogens with zero attached hydrogens (tertiary/aromatic N) is 4. The number of benzene rings is 2. The van der Waals surface area contributed by atoms with Crippen LogP contribution in [0, 0.1) is 5.92 Å². The van der Waals surface area contributed by atoms with Crippen molar-refractivity contribution in [2.24, 2.45) is 5.92 Å². The van der Waals surface area contributed by atoms with Gasteiger partial charge in [0.1, 0.15) is 0 Å². The van der Waals surface area contributed by atoms with Gasteiger partial charge in [0, 0.05) is 24.3 Å². The summed E-state index contributed by atoms with van der Waals surface area (Å²) >= 11 is 1.42. The molecule has 7 heteroatoms. The van der Waals surface area contributed by atoms with Crippen LogP contribution < -0.4 is 5.32 Å². The molecule has 6 nitrogen and oxygen atoms in total. The van der Waals surface area contributed by atoms with Crippen LogP contribution in [0.4, 0.5) is 0 Å². The minimum absolute atomic E-state index is 0.0298. The lowest BCUT2D eigenvalue weighted by molar-refractivity contribution is -0.118. The van der Waals surface area contributed by atoms with E-state index in [0.717, 1.165) is 23.6 Å². The molecule has 1 aromatic heterocycles. The van der Waals surface area contributed by atoms with Gasteiger partial charge in [-0.15, -0.1) is 10.2 Å². The molecule has 0 aliphatic carbocycles. The van der Waals surface area contributed by atoms with Gasteiger partial charge in [0.15, 0.2) is 11.0 Å². The van der Waals surface area contributed by atoms with E-state index in [9.17, 15) is 4.79 Å². The Morgan fingerprint density at radius 2 is 1.71 bits per heavy atom. The first kappa shape index (κ1) is 21.6. The van der Waals surface area contributed by atoms with E-state index < -0.39 is 0 Å². The van der Waals surface area contributed by atoms with E-state index >= 15 is 0 Å². The minimum atomic E-state index is 0.0298. The third kappa shape index (κ3) is 5.74. The molecule has 2 heterocycles. The first-order valence-electron chi connectivity index (χ1n) is 10.9. The van der Waals surface area contributed by atoms with Crippen LogP contribution in [0.15, 0.2) is 65.8 Å². The summed E-state index contributed by atoms with van der Waals surface area (Å²) in [4.78, 5) is 15.0. The second-order valence-corrected chi connectivity index (χ2v) is 8.99. The number of thioether (sulfide) groups is 1. The lowest BCUT2D eigenvalue weighted by Gasteiger charge is -2.20. The maximum absolute atomic E-state index is 12.5. The van der Waals surface area contributed by atoms with E-state index in [1.54, 1.807) is 0 Å². The second kappa shape index (κ2) is 10.6. The number of hydrogen-bond acceptors (Lipinski definition) is 5. The summed E-state index contributed by atoms with van der Waals surface area (Å²) in [5, 5.41) is 12.6. The Balaban J connectivity index is 1.40. The number of carbonyl (C=O) groups is 1. The van der Waals surface area contributed by atoms with Crippen LogP contribution in [0.25, 0.3) is 17.1 Å². The third-order valence-corrected chi connectivity index (χ3v) is 6.36. The Hall–Kier alpha value is -2.64. The van der Waals surface area contributed by atoms with Gasteiger partial charge in [0.05, 0.1) is 5.75 Å². The van der Waals surface area contributed by atoms with Gasteiger partial charge < -0.3 is 10.2 Å². The number of hydrogen-bond donors (Lipinski definition) is 1. The fourth-order valence-electron chi connectivity index (χ4n) is 3.89. The van der Waals surface area contributed by atoms with Crippen molar-refractivity contribution >= 4 is 17.7 Å². The van der Waals surface area contributed by atoms with E-state index in [-0.39, 0.29) is 5.91 Å². The molecule has 1 unspecified atom stereocenters. The van der Waals surface area contributed by atoms with Crippen molar-refractivity contribution in [3.63, 3.8) is 0 Å². The van der Waals surface area contributed by atoms with Gasteiger partial charge in [-0.2, -0.15) is 0 Å². The minimum Gasteiger partial charge on any atom is -0.355 e. The maximum Gasteiger partial charge on any atom is 0.230 e. The molecule has 1 aliphatic rings. The van der Waals surface area contributed by atoms with Crippen LogP contribution in [0.3, 0.4) is 0 Å². The number of amides is 1. The number of rotatable bonds is 9. The van der Waals surface area contributed by atoms with Crippen LogP contribution in [-0.4, -0.2) is 57.5 Å². The highest BCUT2D eigenvalue weighted by Gasteiger charge is 2.18. The standard InChI is InChI=1S/C24H29N5OS/c1-19(17-28-14-8-9-15-28)16-25-22(30)18-31-24-27-26-23(20-10-4-2-5-11-20)29(24)21-12-6-3-7-13-21/h2-7,10-13,19H,8-9,14-18H2,1H3,(H,25,30). The molecule has 1 saturated heterocycles. The normalized spacial score (nSPS) is 15.1. The molecule has 1 N–H and O–H groups in total. The summed E-state index contributed by atoms with van der Waals surface area (Å²) in [6, 6.07) is 20.0. The van der Waals surface area contributed by atoms with Gasteiger partial charge in [-0.3, -0.25) is 9.36 Å². The number of para-hydroxylation sites is 1. The zero-order valence-electron chi connectivity index (χ0n) is 17.9. The molecule has 4 rings (SSSR count). The van der Waals surface area contributed by atoms with Crippen molar-refractivity contribution in [2.45, 2.75) is 24.9 Å². The smallest absolute Gasteiger partial charge is 0.230 e. The number of carbonyl (C=O) groups excluding carboxylic acids is 1. The van der Waals surface area contributed by atoms with Crippen LogP contribution in [0.1, 0.15) is 19.8 Å². The van der Waals surface area contributed by atoms with Crippen molar-refractivity contribution in [3.8, 4) is 17.1 Å². The number of likely N-dealkylation sites (tertiary alicyclic amines) is 1. The molecule has 0 bridgehead atoms. The Morgan fingerprint density at radius 1 is 1.03 bits per heavy atom. The first-order chi connectivity index (χ1) is 15.2. The van der Waals surface area contributed by atoms with Crippen LogP contribution >= 0.6 is 11.8 Å². The summed E-state index contributed by atoms with van der Waals surface area (Å²) < 4.78 is 2.02.